The van der Waals surface area contributed by atoms with E-state index < -0.39 is 0 Å². The van der Waals surface area contributed by atoms with E-state index in [1.807, 2.05) is 6.92 Å². The molecule has 0 unspecified atom stereocenters. The van der Waals surface area contributed by atoms with Gasteiger partial charge in [-0.1, -0.05) is 0 Å². The number of ether oxygens (including phenoxy) is 4. The van der Waals surface area contributed by atoms with Crippen molar-refractivity contribution in [1.29, 1.82) is 0 Å². The molecule has 0 amide bonds. The zero-order chi connectivity index (χ0) is 15.6. The van der Waals surface area contributed by atoms with Crippen LogP contribution in [-0.4, -0.2) is 79.5 Å². The molecule has 2 N–H and O–H groups in total. The molecule has 0 aliphatic carbocycles. The molecule has 7 nitrogen and oxygen atoms in total. The summed E-state index contributed by atoms with van der Waals surface area (Å²) in [6, 6.07) is 0. The highest BCUT2D eigenvalue weighted by Gasteiger charge is 1.96. The standard InChI is InChI=1S/C14H31N3O4/c1-4-15-14(17-7-9-21-13-11-19-3)16-6-5-8-20-12-10-18-2/h4-13H2,1-3H3,(H2,15,16,17). The minimum atomic E-state index is 0.616. The average Bonchev–Trinajstić information content (AvgIpc) is 2.49. The predicted octanol–water partition coefficient (Wildman–Crippen LogP) is 0.258. The van der Waals surface area contributed by atoms with Gasteiger partial charge in [0.25, 0.3) is 0 Å². The smallest absolute Gasteiger partial charge is 0.191 e. The fraction of sp³-hybridized carbons (Fsp3) is 0.929. The van der Waals surface area contributed by atoms with Crippen molar-refractivity contribution >= 4 is 5.96 Å². The van der Waals surface area contributed by atoms with E-state index in [0.29, 0.717) is 39.6 Å². The summed E-state index contributed by atoms with van der Waals surface area (Å²) in [4.78, 5) is 4.47. The fourth-order valence-corrected chi connectivity index (χ4v) is 1.43. The molecule has 0 rings (SSSR count). The molecule has 0 atom stereocenters. The van der Waals surface area contributed by atoms with E-state index in [4.69, 9.17) is 18.9 Å². The Bertz CT molecular complexity index is 240. The number of nitrogens with zero attached hydrogens (tertiary/aromatic N) is 1. The van der Waals surface area contributed by atoms with E-state index in [2.05, 4.69) is 15.6 Å². The topological polar surface area (TPSA) is 73.3 Å². The van der Waals surface area contributed by atoms with Crippen molar-refractivity contribution in [2.24, 2.45) is 4.99 Å². The van der Waals surface area contributed by atoms with Gasteiger partial charge in [0.15, 0.2) is 5.96 Å². The summed E-state index contributed by atoms with van der Waals surface area (Å²) >= 11 is 0. The summed E-state index contributed by atoms with van der Waals surface area (Å²) in [7, 11) is 3.33. The van der Waals surface area contributed by atoms with Gasteiger partial charge in [0, 0.05) is 40.5 Å². The lowest BCUT2D eigenvalue weighted by molar-refractivity contribution is 0.0702. The number of rotatable bonds is 14. The van der Waals surface area contributed by atoms with Gasteiger partial charge in [0.05, 0.1) is 33.0 Å². The van der Waals surface area contributed by atoms with Gasteiger partial charge in [-0.15, -0.1) is 0 Å². The molecule has 0 aliphatic heterocycles. The summed E-state index contributed by atoms with van der Waals surface area (Å²) < 4.78 is 20.6. The van der Waals surface area contributed by atoms with Gasteiger partial charge in [-0.2, -0.15) is 0 Å². The number of hydrogen-bond acceptors (Lipinski definition) is 5. The molecule has 0 aromatic carbocycles. The molecule has 0 bridgehead atoms. The van der Waals surface area contributed by atoms with Crippen LogP contribution in [-0.2, 0) is 18.9 Å². The first-order valence-electron chi connectivity index (χ1n) is 7.50. The Hall–Kier alpha value is -0.890. The zero-order valence-electron chi connectivity index (χ0n) is 13.7. The van der Waals surface area contributed by atoms with Crippen molar-refractivity contribution in [3.05, 3.63) is 0 Å². The van der Waals surface area contributed by atoms with Crippen molar-refractivity contribution in [2.75, 3.05) is 73.5 Å². The first kappa shape index (κ1) is 20.1. The summed E-state index contributed by atoms with van der Waals surface area (Å²) in [6.45, 7) is 8.17. The molecule has 0 aromatic rings. The molecule has 126 valence electrons. The lowest BCUT2D eigenvalue weighted by Crippen LogP contribution is -2.39. The zero-order valence-corrected chi connectivity index (χ0v) is 13.7. The monoisotopic (exact) mass is 305 g/mol. The quantitative estimate of drug-likeness (QED) is 0.272. The van der Waals surface area contributed by atoms with E-state index in [1.165, 1.54) is 0 Å². The predicted molar refractivity (Wildman–Crippen MR) is 84.0 cm³/mol. The third-order valence-electron chi connectivity index (χ3n) is 2.46. The van der Waals surface area contributed by atoms with Crippen molar-refractivity contribution < 1.29 is 18.9 Å². The number of hydrogen-bond donors (Lipinski definition) is 2. The maximum atomic E-state index is 5.38. The molecule has 0 spiro atoms. The molecule has 7 heteroatoms. The molecule has 0 fully saturated rings. The second-order valence-electron chi connectivity index (χ2n) is 4.25. The van der Waals surface area contributed by atoms with E-state index in [9.17, 15) is 0 Å². The highest BCUT2D eigenvalue weighted by molar-refractivity contribution is 5.79. The van der Waals surface area contributed by atoms with Crippen LogP contribution in [0.3, 0.4) is 0 Å². The molecule has 0 heterocycles. The van der Waals surface area contributed by atoms with Gasteiger partial charge in [0.1, 0.15) is 0 Å². The summed E-state index contributed by atoms with van der Waals surface area (Å²) in [5.41, 5.74) is 0. The molecule has 0 radical (unpaired) electrons. The lowest BCUT2D eigenvalue weighted by Gasteiger charge is -2.11. The Morgan fingerprint density at radius 1 is 0.857 bits per heavy atom. The molecular formula is C14H31N3O4. The number of aliphatic imine (C=N–C) groups is 1. The number of nitrogens with one attached hydrogen (secondary N) is 2. The number of guanidine groups is 1. The van der Waals surface area contributed by atoms with Crippen molar-refractivity contribution in [3.8, 4) is 0 Å². The van der Waals surface area contributed by atoms with Crippen LogP contribution in [0.1, 0.15) is 13.3 Å². The van der Waals surface area contributed by atoms with Crippen molar-refractivity contribution in [2.45, 2.75) is 13.3 Å². The third kappa shape index (κ3) is 15.3. The first-order chi connectivity index (χ1) is 10.3. The van der Waals surface area contributed by atoms with Crippen LogP contribution in [0.15, 0.2) is 4.99 Å². The SMILES string of the molecule is CCNC(=NCCCOCCOC)NCCOCCOC. The maximum Gasteiger partial charge on any atom is 0.191 e. The molecule has 0 aromatic heterocycles. The number of methoxy groups -OCH3 is 2. The Morgan fingerprint density at radius 2 is 1.52 bits per heavy atom. The normalized spacial score (nSPS) is 11.7. The molecular weight excluding hydrogens is 274 g/mol. The van der Waals surface area contributed by atoms with Crippen LogP contribution >= 0.6 is 0 Å². The van der Waals surface area contributed by atoms with Crippen LogP contribution in [0, 0.1) is 0 Å². The third-order valence-corrected chi connectivity index (χ3v) is 2.46. The molecule has 0 saturated heterocycles. The first-order valence-corrected chi connectivity index (χ1v) is 7.50. The van der Waals surface area contributed by atoms with Crippen LogP contribution in [0.5, 0.6) is 0 Å². The maximum absolute atomic E-state index is 5.38. The van der Waals surface area contributed by atoms with Gasteiger partial charge >= 0.3 is 0 Å². The van der Waals surface area contributed by atoms with Crippen LogP contribution < -0.4 is 10.6 Å². The molecule has 0 aliphatic rings. The Morgan fingerprint density at radius 3 is 2.14 bits per heavy atom. The van der Waals surface area contributed by atoms with Crippen LogP contribution in [0.4, 0.5) is 0 Å². The second kappa shape index (κ2) is 17.2. The lowest BCUT2D eigenvalue weighted by atomic mass is 10.4. The molecule has 21 heavy (non-hydrogen) atoms. The highest BCUT2D eigenvalue weighted by atomic mass is 16.5. The van der Waals surface area contributed by atoms with Gasteiger partial charge in [-0.25, -0.2) is 0 Å². The van der Waals surface area contributed by atoms with Crippen LogP contribution in [0.2, 0.25) is 0 Å². The summed E-state index contributed by atoms with van der Waals surface area (Å²) in [5, 5.41) is 6.41. The fourth-order valence-electron chi connectivity index (χ4n) is 1.43. The Kier molecular flexibility index (Phi) is 16.4. The van der Waals surface area contributed by atoms with Crippen LogP contribution in [0.25, 0.3) is 0 Å². The molecule has 0 saturated carbocycles. The van der Waals surface area contributed by atoms with Gasteiger partial charge < -0.3 is 29.6 Å². The van der Waals surface area contributed by atoms with Gasteiger partial charge in [0.2, 0.25) is 0 Å². The second-order valence-corrected chi connectivity index (χ2v) is 4.25. The van der Waals surface area contributed by atoms with Crippen molar-refractivity contribution in [3.63, 3.8) is 0 Å². The van der Waals surface area contributed by atoms with Gasteiger partial charge in [-0.05, 0) is 13.3 Å². The highest BCUT2D eigenvalue weighted by Crippen LogP contribution is 1.85. The van der Waals surface area contributed by atoms with Gasteiger partial charge in [-0.3, -0.25) is 4.99 Å². The van der Waals surface area contributed by atoms with E-state index in [1.54, 1.807) is 14.2 Å². The van der Waals surface area contributed by atoms with E-state index in [-0.39, 0.29) is 0 Å². The summed E-state index contributed by atoms with van der Waals surface area (Å²) in [6.07, 6.45) is 0.893. The largest absolute Gasteiger partial charge is 0.382 e. The van der Waals surface area contributed by atoms with E-state index in [0.717, 1.165) is 32.0 Å². The Labute approximate surface area is 128 Å². The average molecular weight is 305 g/mol. The summed E-state index contributed by atoms with van der Waals surface area (Å²) in [5.74, 6) is 0.810. The Balaban J connectivity index is 3.61. The minimum absolute atomic E-state index is 0.616. The van der Waals surface area contributed by atoms with E-state index >= 15 is 0 Å². The minimum Gasteiger partial charge on any atom is -0.382 e. The van der Waals surface area contributed by atoms with Crippen molar-refractivity contribution in [1.82, 2.24) is 10.6 Å².